The standard InChI is InChI=1S/C16H24O/c1-12-10-11-16(4,15(12,2)3)14(17)13-8-6-5-7-9-13/h5-9,12,14,17H,10-11H2,1-4H3/t12-,14-,16-/m0/s1. The van der Waals surface area contributed by atoms with Gasteiger partial charge >= 0.3 is 0 Å². The van der Waals surface area contributed by atoms with Gasteiger partial charge in [0.05, 0.1) is 6.10 Å². The lowest BCUT2D eigenvalue weighted by molar-refractivity contribution is -0.0427. The van der Waals surface area contributed by atoms with Crippen LogP contribution in [-0.2, 0) is 0 Å². The smallest absolute Gasteiger partial charge is 0.0848 e. The van der Waals surface area contributed by atoms with Crippen LogP contribution < -0.4 is 0 Å². The Hall–Kier alpha value is -0.820. The highest BCUT2D eigenvalue weighted by Crippen LogP contribution is 2.60. The molecule has 2 rings (SSSR count). The predicted octanol–water partition coefficient (Wildman–Crippen LogP) is 4.18. The fourth-order valence-corrected chi connectivity index (χ4v) is 3.25. The third-order valence-corrected chi connectivity index (χ3v) is 5.52. The molecule has 1 aromatic carbocycles. The van der Waals surface area contributed by atoms with Crippen molar-refractivity contribution in [1.82, 2.24) is 0 Å². The maximum Gasteiger partial charge on any atom is 0.0848 e. The monoisotopic (exact) mass is 232 g/mol. The molecule has 1 fully saturated rings. The molecule has 0 bridgehead atoms. The molecule has 1 heteroatoms. The number of rotatable bonds is 2. The molecule has 0 aromatic heterocycles. The highest BCUT2D eigenvalue weighted by molar-refractivity contribution is 5.21. The van der Waals surface area contributed by atoms with Crippen molar-refractivity contribution < 1.29 is 5.11 Å². The third kappa shape index (κ3) is 1.81. The van der Waals surface area contributed by atoms with Crippen LogP contribution in [0.2, 0.25) is 0 Å². The molecule has 1 nitrogen and oxygen atoms in total. The minimum absolute atomic E-state index is 0.0201. The van der Waals surface area contributed by atoms with E-state index in [-0.39, 0.29) is 16.9 Å². The zero-order valence-corrected chi connectivity index (χ0v) is 11.4. The number of hydrogen-bond donors (Lipinski definition) is 1. The van der Waals surface area contributed by atoms with Gasteiger partial charge in [0.1, 0.15) is 0 Å². The van der Waals surface area contributed by atoms with Crippen molar-refractivity contribution in [2.24, 2.45) is 16.7 Å². The fraction of sp³-hybridized carbons (Fsp3) is 0.625. The van der Waals surface area contributed by atoms with Crippen LogP contribution in [-0.4, -0.2) is 5.11 Å². The Morgan fingerprint density at radius 3 is 2.24 bits per heavy atom. The first-order valence-corrected chi connectivity index (χ1v) is 6.62. The molecule has 1 aliphatic carbocycles. The summed E-state index contributed by atoms with van der Waals surface area (Å²) >= 11 is 0. The number of aliphatic hydroxyl groups excluding tert-OH is 1. The molecular formula is C16H24O. The van der Waals surface area contributed by atoms with Crippen molar-refractivity contribution in [2.75, 3.05) is 0 Å². The molecule has 1 saturated carbocycles. The third-order valence-electron chi connectivity index (χ3n) is 5.52. The van der Waals surface area contributed by atoms with E-state index in [9.17, 15) is 5.11 Å². The molecule has 94 valence electrons. The molecule has 0 saturated heterocycles. The molecule has 0 spiro atoms. The van der Waals surface area contributed by atoms with Crippen molar-refractivity contribution in [2.45, 2.75) is 46.6 Å². The molecule has 1 aliphatic rings. The molecule has 3 atom stereocenters. The summed E-state index contributed by atoms with van der Waals surface area (Å²) in [6.07, 6.45) is 1.97. The summed E-state index contributed by atoms with van der Waals surface area (Å²) in [7, 11) is 0. The predicted molar refractivity (Wildman–Crippen MR) is 71.7 cm³/mol. The minimum atomic E-state index is -0.358. The zero-order chi connectivity index (χ0) is 12.7. The van der Waals surface area contributed by atoms with E-state index in [1.54, 1.807) is 0 Å². The summed E-state index contributed by atoms with van der Waals surface area (Å²) in [6.45, 7) is 9.16. The van der Waals surface area contributed by atoms with Gasteiger partial charge in [-0.2, -0.15) is 0 Å². The topological polar surface area (TPSA) is 20.2 Å². The maximum absolute atomic E-state index is 10.7. The molecular weight excluding hydrogens is 208 g/mol. The molecule has 0 aliphatic heterocycles. The van der Waals surface area contributed by atoms with Gasteiger partial charge in [-0.1, -0.05) is 58.0 Å². The fourth-order valence-electron chi connectivity index (χ4n) is 3.25. The van der Waals surface area contributed by atoms with Gasteiger partial charge in [-0.25, -0.2) is 0 Å². The number of benzene rings is 1. The number of hydrogen-bond acceptors (Lipinski definition) is 1. The quantitative estimate of drug-likeness (QED) is 0.811. The van der Waals surface area contributed by atoms with Crippen LogP contribution in [0.15, 0.2) is 30.3 Å². The normalized spacial score (nSPS) is 33.6. The summed E-state index contributed by atoms with van der Waals surface area (Å²) in [4.78, 5) is 0. The highest BCUT2D eigenvalue weighted by atomic mass is 16.3. The first-order valence-electron chi connectivity index (χ1n) is 6.62. The van der Waals surface area contributed by atoms with Gasteiger partial charge in [0.2, 0.25) is 0 Å². The molecule has 1 N–H and O–H groups in total. The van der Waals surface area contributed by atoms with Crippen LogP contribution in [0.3, 0.4) is 0 Å². The zero-order valence-electron chi connectivity index (χ0n) is 11.4. The van der Waals surface area contributed by atoms with E-state index in [1.165, 1.54) is 6.42 Å². The van der Waals surface area contributed by atoms with Crippen molar-refractivity contribution >= 4 is 0 Å². The lowest BCUT2D eigenvalue weighted by Crippen LogP contribution is -2.38. The van der Waals surface area contributed by atoms with Crippen LogP contribution in [0.4, 0.5) is 0 Å². The Balaban J connectivity index is 2.34. The van der Waals surface area contributed by atoms with E-state index in [0.717, 1.165) is 12.0 Å². The SMILES string of the molecule is C[C@H]1CC[C@@](C)([C@@H](O)c2ccccc2)C1(C)C. The first kappa shape index (κ1) is 12.6. The van der Waals surface area contributed by atoms with E-state index in [1.807, 2.05) is 30.3 Å². The second kappa shape index (κ2) is 4.13. The molecule has 0 radical (unpaired) electrons. The summed E-state index contributed by atoms with van der Waals surface area (Å²) < 4.78 is 0. The van der Waals surface area contributed by atoms with Gasteiger partial charge in [0.15, 0.2) is 0 Å². The summed E-state index contributed by atoms with van der Waals surface area (Å²) in [5.41, 5.74) is 1.22. The Morgan fingerprint density at radius 1 is 1.18 bits per heavy atom. The van der Waals surface area contributed by atoms with Crippen LogP contribution in [0.5, 0.6) is 0 Å². The molecule has 0 heterocycles. The van der Waals surface area contributed by atoms with Gasteiger partial charge in [0, 0.05) is 5.41 Å². The lowest BCUT2D eigenvalue weighted by atomic mass is 9.62. The highest BCUT2D eigenvalue weighted by Gasteiger charge is 2.53. The van der Waals surface area contributed by atoms with Gasteiger partial charge in [0.25, 0.3) is 0 Å². The van der Waals surface area contributed by atoms with Gasteiger partial charge in [-0.05, 0) is 29.7 Å². The average molecular weight is 232 g/mol. The lowest BCUT2D eigenvalue weighted by Gasteiger charge is -2.44. The van der Waals surface area contributed by atoms with E-state index < -0.39 is 0 Å². The maximum atomic E-state index is 10.7. The second-order valence-corrected chi connectivity index (χ2v) is 6.39. The summed E-state index contributed by atoms with van der Waals surface area (Å²) in [5, 5.41) is 10.7. The Bertz CT molecular complexity index is 382. The van der Waals surface area contributed by atoms with Crippen molar-refractivity contribution in [1.29, 1.82) is 0 Å². The Morgan fingerprint density at radius 2 is 1.76 bits per heavy atom. The van der Waals surface area contributed by atoms with E-state index >= 15 is 0 Å². The van der Waals surface area contributed by atoms with Crippen LogP contribution in [0.25, 0.3) is 0 Å². The minimum Gasteiger partial charge on any atom is -0.388 e. The summed E-state index contributed by atoms with van der Waals surface area (Å²) in [5.74, 6) is 0.672. The number of aliphatic hydroxyl groups is 1. The average Bonchev–Trinajstić information content (AvgIpc) is 2.54. The first-order chi connectivity index (χ1) is 7.89. The van der Waals surface area contributed by atoms with Crippen molar-refractivity contribution in [3.63, 3.8) is 0 Å². The van der Waals surface area contributed by atoms with Crippen LogP contribution in [0.1, 0.15) is 52.2 Å². The van der Waals surface area contributed by atoms with E-state index in [4.69, 9.17) is 0 Å². The van der Waals surface area contributed by atoms with E-state index in [2.05, 4.69) is 27.7 Å². The van der Waals surface area contributed by atoms with Gasteiger partial charge in [-0.15, -0.1) is 0 Å². The molecule has 0 unspecified atom stereocenters. The summed E-state index contributed by atoms with van der Waals surface area (Å²) in [6, 6.07) is 10.1. The van der Waals surface area contributed by atoms with Crippen molar-refractivity contribution in [3.05, 3.63) is 35.9 Å². The molecule has 0 amide bonds. The van der Waals surface area contributed by atoms with Crippen molar-refractivity contribution in [3.8, 4) is 0 Å². The van der Waals surface area contributed by atoms with Crippen LogP contribution >= 0.6 is 0 Å². The van der Waals surface area contributed by atoms with Gasteiger partial charge < -0.3 is 5.11 Å². The largest absolute Gasteiger partial charge is 0.388 e. The van der Waals surface area contributed by atoms with Gasteiger partial charge in [-0.3, -0.25) is 0 Å². The second-order valence-electron chi connectivity index (χ2n) is 6.39. The molecule has 1 aromatic rings. The Kier molecular flexibility index (Phi) is 3.07. The Labute approximate surface area is 105 Å². The molecule has 17 heavy (non-hydrogen) atoms. The van der Waals surface area contributed by atoms with E-state index in [0.29, 0.717) is 5.92 Å². The van der Waals surface area contributed by atoms with Crippen LogP contribution in [0, 0.1) is 16.7 Å².